The fourth-order valence-electron chi connectivity index (χ4n) is 2.33. The summed E-state index contributed by atoms with van der Waals surface area (Å²) in [7, 11) is 0. The van der Waals surface area contributed by atoms with Gasteiger partial charge in [0.25, 0.3) is 0 Å². The predicted molar refractivity (Wildman–Crippen MR) is 97.7 cm³/mol. The van der Waals surface area contributed by atoms with Gasteiger partial charge in [0.1, 0.15) is 6.10 Å². The van der Waals surface area contributed by atoms with Gasteiger partial charge in [-0.25, -0.2) is 0 Å². The maximum atomic E-state index is 9.09. The summed E-state index contributed by atoms with van der Waals surface area (Å²) in [4.78, 5) is 0. The lowest BCUT2D eigenvalue weighted by molar-refractivity contribution is 0.00673. The highest BCUT2D eigenvalue weighted by atomic mass is 32.2. The Labute approximate surface area is 142 Å². The van der Waals surface area contributed by atoms with Gasteiger partial charge < -0.3 is 14.9 Å². The number of thioether (sulfide) groups is 1. The fraction of sp³-hybridized carbons (Fsp3) is 1.00. The number of aliphatic hydroxyl groups is 2. The van der Waals surface area contributed by atoms with Gasteiger partial charge in [-0.2, -0.15) is 11.8 Å². The van der Waals surface area contributed by atoms with Gasteiger partial charge in [0.15, 0.2) is 0 Å². The highest BCUT2D eigenvalue weighted by Crippen LogP contribution is 2.12. The quantitative estimate of drug-likeness (QED) is 0.365. The van der Waals surface area contributed by atoms with Crippen molar-refractivity contribution in [2.24, 2.45) is 0 Å². The van der Waals surface area contributed by atoms with Crippen molar-refractivity contribution in [3.63, 3.8) is 0 Å². The normalized spacial score (nSPS) is 12.7. The second-order valence-corrected chi connectivity index (χ2v) is 7.28. The van der Waals surface area contributed by atoms with Crippen molar-refractivity contribution in [3.8, 4) is 0 Å². The first kappa shape index (κ1) is 22.2. The first-order valence-corrected chi connectivity index (χ1v) is 10.4. The highest BCUT2D eigenvalue weighted by molar-refractivity contribution is 7.99. The summed E-state index contributed by atoms with van der Waals surface area (Å²) in [5, 5.41) is 17.7. The van der Waals surface area contributed by atoms with E-state index >= 15 is 0 Å². The molecule has 0 aromatic carbocycles. The van der Waals surface area contributed by atoms with Crippen molar-refractivity contribution in [2.75, 3.05) is 31.3 Å². The molecule has 0 saturated carbocycles. The van der Waals surface area contributed by atoms with Crippen LogP contribution in [0.4, 0.5) is 0 Å². The molecule has 0 aromatic rings. The van der Waals surface area contributed by atoms with Crippen molar-refractivity contribution in [2.45, 2.75) is 83.7 Å². The number of aliphatic hydroxyl groups excluding tert-OH is 2. The van der Waals surface area contributed by atoms with Crippen LogP contribution in [0, 0.1) is 0 Å². The molecule has 0 aliphatic rings. The summed E-state index contributed by atoms with van der Waals surface area (Å²) in [6, 6.07) is 0. The van der Waals surface area contributed by atoms with E-state index in [1.54, 1.807) is 0 Å². The molecule has 134 valence electrons. The summed E-state index contributed by atoms with van der Waals surface area (Å²) >= 11 is 2.00. The summed E-state index contributed by atoms with van der Waals surface area (Å²) in [6.45, 7) is 2.99. The summed E-state index contributed by atoms with van der Waals surface area (Å²) in [5.74, 6) is 2.39. The molecule has 22 heavy (non-hydrogen) atoms. The molecular formula is C18H38O3S. The second-order valence-electron chi connectivity index (χ2n) is 6.06. The molecule has 0 bridgehead atoms. The SMILES string of the molecule is CCCCCCCCCCCCSCCCOCC(O)CO. The van der Waals surface area contributed by atoms with Crippen LogP contribution < -0.4 is 0 Å². The molecule has 0 aliphatic heterocycles. The van der Waals surface area contributed by atoms with Crippen molar-refractivity contribution in [1.82, 2.24) is 0 Å². The van der Waals surface area contributed by atoms with Gasteiger partial charge in [0.05, 0.1) is 13.2 Å². The number of unbranched alkanes of at least 4 members (excludes halogenated alkanes) is 9. The van der Waals surface area contributed by atoms with Crippen LogP contribution in [-0.2, 0) is 4.74 Å². The molecule has 0 fully saturated rings. The van der Waals surface area contributed by atoms with Crippen molar-refractivity contribution < 1.29 is 14.9 Å². The number of rotatable bonds is 18. The maximum Gasteiger partial charge on any atom is 0.100 e. The smallest absolute Gasteiger partial charge is 0.100 e. The Kier molecular flexibility index (Phi) is 19.5. The van der Waals surface area contributed by atoms with Gasteiger partial charge in [0.2, 0.25) is 0 Å². The van der Waals surface area contributed by atoms with Crippen LogP contribution in [0.2, 0.25) is 0 Å². The first-order valence-electron chi connectivity index (χ1n) is 9.25. The molecule has 1 atom stereocenters. The third-order valence-electron chi connectivity index (χ3n) is 3.74. The van der Waals surface area contributed by atoms with Crippen molar-refractivity contribution in [1.29, 1.82) is 0 Å². The Bertz CT molecular complexity index is 203. The average molecular weight is 335 g/mol. The molecule has 0 radical (unpaired) electrons. The van der Waals surface area contributed by atoms with E-state index in [-0.39, 0.29) is 13.2 Å². The average Bonchev–Trinajstić information content (AvgIpc) is 2.54. The van der Waals surface area contributed by atoms with Crippen LogP contribution in [0.25, 0.3) is 0 Å². The molecule has 0 heterocycles. The highest BCUT2D eigenvalue weighted by Gasteiger charge is 2.00. The van der Waals surface area contributed by atoms with Gasteiger partial charge in [0, 0.05) is 6.61 Å². The zero-order chi connectivity index (χ0) is 16.3. The largest absolute Gasteiger partial charge is 0.394 e. The van der Waals surface area contributed by atoms with Crippen LogP contribution >= 0.6 is 11.8 Å². The molecule has 3 nitrogen and oxygen atoms in total. The third kappa shape index (κ3) is 18.3. The van der Waals surface area contributed by atoms with E-state index in [2.05, 4.69) is 6.92 Å². The van der Waals surface area contributed by atoms with E-state index in [4.69, 9.17) is 14.9 Å². The van der Waals surface area contributed by atoms with Gasteiger partial charge in [-0.3, -0.25) is 0 Å². The zero-order valence-electron chi connectivity index (χ0n) is 14.6. The lowest BCUT2D eigenvalue weighted by Crippen LogP contribution is -2.19. The van der Waals surface area contributed by atoms with Crippen LogP contribution in [-0.4, -0.2) is 47.6 Å². The molecule has 0 saturated heterocycles. The number of ether oxygens (including phenoxy) is 1. The molecule has 4 heteroatoms. The van der Waals surface area contributed by atoms with Crippen LogP contribution in [0.1, 0.15) is 77.6 Å². The second kappa shape index (κ2) is 19.3. The lowest BCUT2D eigenvalue weighted by atomic mass is 10.1. The van der Waals surface area contributed by atoms with Crippen LogP contribution in [0.15, 0.2) is 0 Å². The summed E-state index contributed by atoms with van der Waals surface area (Å²) in [5.41, 5.74) is 0. The summed E-state index contributed by atoms with van der Waals surface area (Å²) in [6.07, 6.45) is 14.3. The number of hydrogen-bond acceptors (Lipinski definition) is 4. The molecule has 0 rings (SSSR count). The molecule has 0 spiro atoms. The lowest BCUT2D eigenvalue weighted by Gasteiger charge is -2.08. The van der Waals surface area contributed by atoms with Gasteiger partial charge in [-0.15, -0.1) is 0 Å². The Morgan fingerprint density at radius 1 is 0.818 bits per heavy atom. The van der Waals surface area contributed by atoms with Gasteiger partial charge in [-0.1, -0.05) is 64.7 Å². The van der Waals surface area contributed by atoms with E-state index in [0.29, 0.717) is 6.61 Å². The molecule has 0 aromatic heterocycles. The van der Waals surface area contributed by atoms with Gasteiger partial charge >= 0.3 is 0 Å². The monoisotopic (exact) mass is 334 g/mol. The Morgan fingerprint density at radius 3 is 1.95 bits per heavy atom. The third-order valence-corrected chi connectivity index (χ3v) is 4.90. The molecule has 1 unspecified atom stereocenters. The first-order chi connectivity index (χ1) is 10.8. The predicted octanol–water partition coefficient (Wildman–Crippen LogP) is 4.40. The molecular weight excluding hydrogens is 296 g/mol. The van der Waals surface area contributed by atoms with Crippen molar-refractivity contribution in [3.05, 3.63) is 0 Å². The maximum absolute atomic E-state index is 9.09. The Hall–Kier alpha value is 0.230. The van der Waals surface area contributed by atoms with Crippen molar-refractivity contribution >= 4 is 11.8 Å². The zero-order valence-corrected chi connectivity index (χ0v) is 15.4. The van der Waals surface area contributed by atoms with E-state index in [1.165, 1.54) is 70.0 Å². The summed E-state index contributed by atoms with van der Waals surface area (Å²) < 4.78 is 5.27. The Balaban J connectivity index is 2.97. The fourth-order valence-corrected chi connectivity index (χ4v) is 3.26. The molecule has 2 N–H and O–H groups in total. The van der Waals surface area contributed by atoms with Crippen LogP contribution in [0.3, 0.4) is 0 Å². The molecule has 0 aliphatic carbocycles. The minimum absolute atomic E-state index is 0.215. The van der Waals surface area contributed by atoms with E-state index in [0.717, 1.165) is 12.2 Å². The van der Waals surface area contributed by atoms with Crippen LogP contribution in [0.5, 0.6) is 0 Å². The molecule has 0 amide bonds. The van der Waals surface area contributed by atoms with E-state index < -0.39 is 6.10 Å². The Morgan fingerprint density at radius 2 is 1.36 bits per heavy atom. The van der Waals surface area contributed by atoms with E-state index in [1.807, 2.05) is 11.8 Å². The number of hydrogen-bond donors (Lipinski definition) is 2. The minimum Gasteiger partial charge on any atom is -0.394 e. The van der Waals surface area contributed by atoms with E-state index in [9.17, 15) is 0 Å². The minimum atomic E-state index is -0.723. The topological polar surface area (TPSA) is 49.7 Å². The van der Waals surface area contributed by atoms with Gasteiger partial charge in [-0.05, 0) is 24.3 Å². The standard InChI is InChI=1S/C18H38O3S/c1-2-3-4-5-6-7-8-9-10-11-14-22-15-12-13-21-17-18(20)16-19/h18-20H,2-17H2,1H3.